The van der Waals surface area contributed by atoms with E-state index < -0.39 is 10.0 Å². The minimum Gasteiger partial charge on any atom is -0.388 e. The summed E-state index contributed by atoms with van der Waals surface area (Å²) in [6.45, 7) is 2.38. The summed E-state index contributed by atoms with van der Waals surface area (Å²) < 4.78 is 27.1. The molecule has 0 spiro atoms. The predicted molar refractivity (Wildman–Crippen MR) is 86.0 cm³/mol. The molecular weight excluding hydrogens is 284 g/mol. The van der Waals surface area contributed by atoms with Crippen LogP contribution in [0.15, 0.2) is 59.5 Å². The third kappa shape index (κ3) is 4.06. The van der Waals surface area contributed by atoms with Crippen LogP contribution in [0.4, 0.5) is 5.69 Å². The summed E-state index contributed by atoms with van der Waals surface area (Å²) in [5.41, 5.74) is 2.00. The van der Waals surface area contributed by atoms with E-state index in [1.807, 2.05) is 37.3 Å². The molecule has 0 radical (unpaired) electrons. The Morgan fingerprint density at radius 3 is 2.19 bits per heavy atom. The number of nitrogens with one attached hydrogen (secondary N) is 2. The molecule has 0 amide bonds. The van der Waals surface area contributed by atoms with E-state index in [0.29, 0.717) is 6.54 Å². The zero-order valence-corrected chi connectivity index (χ0v) is 13.0. The zero-order valence-electron chi connectivity index (χ0n) is 12.2. The lowest BCUT2D eigenvalue weighted by Gasteiger charge is -2.13. The fourth-order valence-electron chi connectivity index (χ4n) is 2.02. The molecule has 0 heterocycles. The highest BCUT2D eigenvalue weighted by Crippen LogP contribution is 2.16. The van der Waals surface area contributed by atoms with E-state index in [4.69, 9.17) is 0 Å². The molecule has 112 valence electrons. The van der Waals surface area contributed by atoms with Crippen LogP contribution in [-0.2, 0) is 10.0 Å². The van der Waals surface area contributed by atoms with Crippen molar-refractivity contribution in [1.82, 2.24) is 4.72 Å². The number of benzene rings is 2. The molecule has 1 unspecified atom stereocenters. The smallest absolute Gasteiger partial charge is 0.240 e. The maximum Gasteiger partial charge on any atom is 0.240 e. The molecule has 2 aromatic carbocycles. The minimum atomic E-state index is -3.47. The Bertz CT molecular complexity index is 667. The third-order valence-electron chi connectivity index (χ3n) is 3.40. The fraction of sp³-hybridized carbons (Fsp3) is 0.250. The van der Waals surface area contributed by atoms with Gasteiger partial charge in [-0.05, 0) is 35.7 Å². The Balaban J connectivity index is 2.04. The van der Waals surface area contributed by atoms with Gasteiger partial charge in [0.15, 0.2) is 0 Å². The van der Waals surface area contributed by atoms with Crippen molar-refractivity contribution in [2.24, 2.45) is 0 Å². The van der Waals surface area contributed by atoms with Gasteiger partial charge in [0, 0.05) is 19.3 Å². The molecule has 0 aliphatic rings. The van der Waals surface area contributed by atoms with E-state index in [2.05, 4.69) is 10.0 Å². The number of hydrogen-bond acceptors (Lipinski definition) is 3. The Morgan fingerprint density at radius 1 is 1.00 bits per heavy atom. The SMILES string of the molecule is CNc1ccc(S(=O)(=O)NCC(C)c2ccccc2)cc1. The summed E-state index contributed by atoms with van der Waals surface area (Å²) in [6, 6.07) is 16.5. The zero-order chi connectivity index (χ0) is 15.3. The van der Waals surface area contributed by atoms with Gasteiger partial charge < -0.3 is 5.32 Å². The van der Waals surface area contributed by atoms with Crippen LogP contribution in [0.5, 0.6) is 0 Å². The van der Waals surface area contributed by atoms with Crippen molar-refractivity contribution in [3.63, 3.8) is 0 Å². The molecule has 2 rings (SSSR count). The van der Waals surface area contributed by atoms with Gasteiger partial charge in [-0.1, -0.05) is 37.3 Å². The average Bonchev–Trinajstić information content (AvgIpc) is 2.53. The van der Waals surface area contributed by atoms with Crippen molar-refractivity contribution < 1.29 is 8.42 Å². The number of sulfonamides is 1. The fourth-order valence-corrected chi connectivity index (χ4v) is 3.15. The minimum absolute atomic E-state index is 0.123. The molecule has 0 saturated carbocycles. The number of rotatable bonds is 6. The Hall–Kier alpha value is -1.85. The van der Waals surface area contributed by atoms with Gasteiger partial charge in [-0.3, -0.25) is 0 Å². The van der Waals surface area contributed by atoms with Gasteiger partial charge in [0.2, 0.25) is 10.0 Å². The molecule has 0 aliphatic carbocycles. The molecule has 0 aromatic heterocycles. The van der Waals surface area contributed by atoms with Crippen molar-refractivity contribution >= 4 is 15.7 Å². The standard InChI is InChI=1S/C16H20N2O2S/c1-13(14-6-4-3-5-7-14)12-18-21(19,20)16-10-8-15(17-2)9-11-16/h3-11,13,17-18H,12H2,1-2H3. The van der Waals surface area contributed by atoms with E-state index >= 15 is 0 Å². The largest absolute Gasteiger partial charge is 0.388 e. The summed E-state index contributed by atoms with van der Waals surface area (Å²) in [5, 5.41) is 2.96. The molecule has 0 aliphatic heterocycles. The first kappa shape index (κ1) is 15.5. The van der Waals surface area contributed by atoms with Crippen molar-refractivity contribution in [2.75, 3.05) is 18.9 Å². The molecule has 0 fully saturated rings. The van der Waals surface area contributed by atoms with Crippen LogP contribution in [-0.4, -0.2) is 22.0 Å². The average molecular weight is 304 g/mol. The van der Waals surface area contributed by atoms with Crippen LogP contribution in [0.1, 0.15) is 18.4 Å². The van der Waals surface area contributed by atoms with E-state index in [1.165, 1.54) is 0 Å². The molecule has 1 atom stereocenters. The molecule has 2 aromatic rings. The highest BCUT2D eigenvalue weighted by atomic mass is 32.2. The Kier molecular flexibility index (Phi) is 4.98. The van der Waals surface area contributed by atoms with Crippen LogP contribution in [0.25, 0.3) is 0 Å². The van der Waals surface area contributed by atoms with Crippen LogP contribution in [0.3, 0.4) is 0 Å². The number of hydrogen-bond donors (Lipinski definition) is 2. The molecule has 2 N–H and O–H groups in total. The molecule has 21 heavy (non-hydrogen) atoms. The summed E-state index contributed by atoms with van der Waals surface area (Å²) >= 11 is 0. The van der Waals surface area contributed by atoms with E-state index in [0.717, 1.165) is 11.3 Å². The third-order valence-corrected chi connectivity index (χ3v) is 4.84. The first-order chi connectivity index (χ1) is 10.0. The lowest BCUT2D eigenvalue weighted by Crippen LogP contribution is -2.27. The summed E-state index contributed by atoms with van der Waals surface area (Å²) in [5.74, 6) is 0.123. The highest BCUT2D eigenvalue weighted by Gasteiger charge is 2.15. The van der Waals surface area contributed by atoms with Gasteiger partial charge in [0.25, 0.3) is 0 Å². The maximum atomic E-state index is 12.2. The first-order valence-electron chi connectivity index (χ1n) is 6.85. The van der Waals surface area contributed by atoms with Crippen molar-refractivity contribution in [2.45, 2.75) is 17.7 Å². The predicted octanol–water partition coefficient (Wildman–Crippen LogP) is 2.81. The van der Waals surface area contributed by atoms with E-state index in [-0.39, 0.29) is 10.8 Å². The Labute approximate surface area is 126 Å². The quantitative estimate of drug-likeness (QED) is 0.863. The van der Waals surface area contributed by atoms with Crippen LogP contribution in [0, 0.1) is 0 Å². The summed E-state index contributed by atoms with van der Waals surface area (Å²) in [7, 11) is -1.67. The van der Waals surface area contributed by atoms with Gasteiger partial charge in [-0.15, -0.1) is 0 Å². The Morgan fingerprint density at radius 2 is 1.62 bits per heavy atom. The summed E-state index contributed by atoms with van der Waals surface area (Å²) in [4.78, 5) is 0.279. The van der Waals surface area contributed by atoms with Gasteiger partial charge in [0.05, 0.1) is 4.90 Å². The van der Waals surface area contributed by atoms with Gasteiger partial charge in [-0.2, -0.15) is 0 Å². The van der Waals surface area contributed by atoms with Crippen LogP contribution in [0.2, 0.25) is 0 Å². The van der Waals surface area contributed by atoms with Gasteiger partial charge in [-0.25, -0.2) is 13.1 Å². The second-order valence-corrected chi connectivity index (χ2v) is 6.70. The molecular formula is C16H20N2O2S. The van der Waals surface area contributed by atoms with Gasteiger partial charge >= 0.3 is 0 Å². The first-order valence-corrected chi connectivity index (χ1v) is 8.33. The molecule has 0 saturated heterocycles. The normalized spacial score (nSPS) is 12.9. The maximum absolute atomic E-state index is 12.2. The highest BCUT2D eigenvalue weighted by molar-refractivity contribution is 7.89. The molecule has 0 bridgehead atoms. The lowest BCUT2D eigenvalue weighted by molar-refractivity contribution is 0.575. The lowest BCUT2D eigenvalue weighted by atomic mass is 10.0. The van der Waals surface area contributed by atoms with Crippen molar-refractivity contribution in [1.29, 1.82) is 0 Å². The second kappa shape index (κ2) is 6.74. The van der Waals surface area contributed by atoms with Gasteiger partial charge in [0.1, 0.15) is 0 Å². The van der Waals surface area contributed by atoms with E-state index in [9.17, 15) is 8.42 Å². The summed E-state index contributed by atoms with van der Waals surface area (Å²) in [6.07, 6.45) is 0. The van der Waals surface area contributed by atoms with E-state index in [1.54, 1.807) is 31.3 Å². The van der Waals surface area contributed by atoms with Crippen molar-refractivity contribution in [3.8, 4) is 0 Å². The second-order valence-electron chi connectivity index (χ2n) is 4.94. The van der Waals surface area contributed by atoms with Crippen LogP contribution < -0.4 is 10.0 Å². The molecule has 5 heteroatoms. The van der Waals surface area contributed by atoms with Crippen molar-refractivity contribution in [3.05, 3.63) is 60.2 Å². The van der Waals surface area contributed by atoms with Crippen LogP contribution >= 0.6 is 0 Å². The molecule has 4 nitrogen and oxygen atoms in total. The topological polar surface area (TPSA) is 58.2 Å². The monoisotopic (exact) mass is 304 g/mol. The number of anilines is 1.